The van der Waals surface area contributed by atoms with Gasteiger partial charge in [0.2, 0.25) is 0 Å². The lowest BCUT2D eigenvalue weighted by molar-refractivity contribution is -0.274. The van der Waals surface area contributed by atoms with Crippen molar-refractivity contribution in [2.24, 2.45) is 0 Å². The van der Waals surface area contributed by atoms with Gasteiger partial charge in [-0.2, -0.15) is 0 Å². The molecule has 13 heteroatoms. The Hall–Kier alpha value is -3.55. The maximum Gasteiger partial charge on any atom is 0.573 e. The van der Waals surface area contributed by atoms with E-state index in [1.165, 1.54) is 46.5 Å². The van der Waals surface area contributed by atoms with Gasteiger partial charge in [-0.3, -0.25) is 19.6 Å². The molecule has 1 aliphatic heterocycles. The second-order valence-electron chi connectivity index (χ2n) is 7.67. The Bertz CT molecular complexity index is 1350. The second-order valence-corrected chi connectivity index (χ2v) is 8.79. The molecule has 0 radical (unpaired) electrons. The first-order valence-electron chi connectivity index (χ1n) is 10.6. The van der Waals surface area contributed by atoms with Gasteiger partial charge in [-0.15, -0.1) is 24.5 Å². The van der Waals surface area contributed by atoms with E-state index in [9.17, 15) is 18.0 Å². The predicted octanol–water partition coefficient (Wildman–Crippen LogP) is 3.86. The number of fused-ring (bicyclic) bond motifs is 1. The van der Waals surface area contributed by atoms with Crippen LogP contribution in [0.25, 0.3) is 16.9 Å². The van der Waals surface area contributed by atoms with Gasteiger partial charge in [0.1, 0.15) is 23.3 Å². The molecule has 5 rings (SSSR count). The number of nitrogens with one attached hydrogen (secondary N) is 1. The Labute approximate surface area is 201 Å². The number of anilines is 1. The van der Waals surface area contributed by atoms with Crippen LogP contribution in [0.3, 0.4) is 0 Å². The van der Waals surface area contributed by atoms with Crippen LogP contribution in [0.1, 0.15) is 15.4 Å². The van der Waals surface area contributed by atoms with E-state index in [0.29, 0.717) is 35.2 Å². The van der Waals surface area contributed by atoms with E-state index in [2.05, 4.69) is 29.9 Å². The first-order chi connectivity index (χ1) is 16.8. The minimum atomic E-state index is -4.81. The lowest BCUT2D eigenvalue weighted by Gasteiger charge is -2.25. The number of pyridine rings is 1. The fraction of sp³-hybridized carbons (Fsp3) is 0.273. The first kappa shape index (κ1) is 23.2. The molecule has 3 aromatic heterocycles. The van der Waals surface area contributed by atoms with Crippen LogP contribution in [0.4, 0.5) is 18.3 Å². The van der Waals surface area contributed by atoms with Gasteiger partial charge in [0.25, 0.3) is 5.91 Å². The maximum atomic E-state index is 12.8. The molecule has 1 aromatic carbocycles. The Balaban J connectivity index is 1.33. The number of nitrogens with zero attached hydrogens (tertiary/aromatic N) is 5. The molecule has 0 bridgehead atoms. The van der Waals surface area contributed by atoms with Crippen LogP contribution in [0.5, 0.6) is 5.75 Å². The smallest absolute Gasteiger partial charge is 0.406 e. The maximum absolute atomic E-state index is 12.8. The highest BCUT2D eigenvalue weighted by atomic mass is 32.1. The Morgan fingerprint density at radius 1 is 1.17 bits per heavy atom. The van der Waals surface area contributed by atoms with E-state index < -0.39 is 12.3 Å². The van der Waals surface area contributed by atoms with Crippen molar-refractivity contribution >= 4 is 33.5 Å². The average Bonchev–Trinajstić information content (AvgIpc) is 3.45. The highest BCUT2D eigenvalue weighted by Crippen LogP contribution is 2.26. The summed E-state index contributed by atoms with van der Waals surface area (Å²) in [6.45, 7) is 3.84. The standard InChI is InChI=1S/C22H19F3N6O3S/c23-22(24,25)34-15-3-1-2-14(10-15)31-13-27-17-4-5-18(28-19(17)31)20(32)29-21-26-11-16(35-21)12-30-6-8-33-9-7-30/h1-5,10-11,13H,6-9,12H2,(H,26,29,32). The molecule has 1 N–H and O–H groups in total. The molecule has 4 aromatic rings. The van der Waals surface area contributed by atoms with Crippen LogP contribution in [0.2, 0.25) is 0 Å². The quantitative estimate of drug-likeness (QED) is 0.426. The zero-order chi connectivity index (χ0) is 24.4. The summed E-state index contributed by atoms with van der Waals surface area (Å²) in [4.78, 5) is 29.0. The molecule has 1 aliphatic rings. The third kappa shape index (κ3) is 5.58. The number of hydrogen-bond donors (Lipinski definition) is 1. The fourth-order valence-corrected chi connectivity index (χ4v) is 4.47. The lowest BCUT2D eigenvalue weighted by Crippen LogP contribution is -2.35. The van der Waals surface area contributed by atoms with Gasteiger partial charge in [0.05, 0.1) is 18.9 Å². The predicted molar refractivity (Wildman–Crippen MR) is 122 cm³/mol. The van der Waals surface area contributed by atoms with Gasteiger partial charge < -0.3 is 9.47 Å². The zero-order valence-electron chi connectivity index (χ0n) is 18.2. The van der Waals surface area contributed by atoms with Crippen LogP contribution >= 0.6 is 11.3 Å². The largest absolute Gasteiger partial charge is 0.573 e. The second kappa shape index (κ2) is 9.60. The van der Waals surface area contributed by atoms with E-state index in [1.807, 2.05) is 0 Å². The summed E-state index contributed by atoms with van der Waals surface area (Å²) >= 11 is 1.38. The topological polar surface area (TPSA) is 94.4 Å². The van der Waals surface area contributed by atoms with E-state index in [1.54, 1.807) is 18.3 Å². The number of benzene rings is 1. The molecular formula is C22H19F3N6O3S. The normalized spacial score (nSPS) is 14.8. The monoisotopic (exact) mass is 504 g/mol. The molecule has 4 heterocycles. The number of rotatable bonds is 6. The summed E-state index contributed by atoms with van der Waals surface area (Å²) in [5.74, 6) is -0.830. The van der Waals surface area contributed by atoms with E-state index in [-0.39, 0.29) is 11.4 Å². The zero-order valence-corrected chi connectivity index (χ0v) is 19.0. The van der Waals surface area contributed by atoms with Crippen LogP contribution in [0, 0.1) is 0 Å². The van der Waals surface area contributed by atoms with Crippen molar-refractivity contribution in [3.8, 4) is 11.4 Å². The number of alkyl halides is 3. The number of ether oxygens (including phenoxy) is 2. The number of amides is 1. The molecule has 0 saturated carbocycles. The van der Waals surface area contributed by atoms with Crippen molar-refractivity contribution in [2.45, 2.75) is 12.9 Å². The van der Waals surface area contributed by atoms with Gasteiger partial charge in [-0.25, -0.2) is 15.0 Å². The van der Waals surface area contributed by atoms with Gasteiger partial charge in [0, 0.05) is 36.8 Å². The summed E-state index contributed by atoms with van der Waals surface area (Å²) in [5.41, 5.74) is 1.26. The highest BCUT2D eigenvalue weighted by Gasteiger charge is 2.31. The van der Waals surface area contributed by atoms with Crippen molar-refractivity contribution in [3.63, 3.8) is 0 Å². The fourth-order valence-electron chi connectivity index (χ4n) is 3.62. The van der Waals surface area contributed by atoms with Crippen molar-refractivity contribution in [2.75, 3.05) is 31.6 Å². The molecule has 0 spiro atoms. The Morgan fingerprint density at radius 2 is 2.00 bits per heavy atom. The number of carbonyl (C=O) groups is 1. The molecule has 1 fully saturated rings. The average molecular weight is 504 g/mol. The molecule has 182 valence electrons. The van der Waals surface area contributed by atoms with Crippen LogP contribution in [0.15, 0.2) is 48.9 Å². The Morgan fingerprint density at radius 3 is 2.80 bits per heavy atom. The lowest BCUT2D eigenvalue weighted by atomic mass is 10.3. The summed E-state index contributed by atoms with van der Waals surface area (Å²) in [7, 11) is 0. The molecular weight excluding hydrogens is 485 g/mol. The minimum absolute atomic E-state index is 0.117. The third-order valence-electron chi connectivity index (χ3n) is 5.21. The van der Waals surface area contributed by atoms with Crippen molar-refractivity contribution in [1.82, 2.24) is 24.4 Å². The number of carbonyl (C=O) groups excluding carboxylic acids is 1. The van der Waals surface area contributed by atoms with E-state index in [0.717, 1.165) is 24.5 Å². The van der Waals surface area contributed by atoms with Gasteiger partial charge in [0.15, 0.2) is 10.8 Å². The third-order valence-corrected chi connectivity index (χ3v) is 6.11. The van der Waals surface area contributed by atoms with Crippen molar-refractivity contribution in [3.05, 3.63) is 59.5 Å². The molecule has 35 heavy (non-hydrogen) atoms. The van der Waals surface area contributed by atoms with Crippen molar-refractivity contribution in [1.29, 1.82) is 0 Å². The number of hydrogen-bond acceptors (Lipinski definition) is 8. The number of morpholine rings is 1. The highest BCUT2D eigenvalue weighted by molar-refractivity contribution is 7.15. The van der Waals surface area contributed by atoms with Gasteiger partial charge in [-0.1, -0.05) is 6.07 Å². The molecule has 0 aliphatic carbocycles. The molecule has 1 saturated heterocycles. The number of thiazole rings is 1. The number of imidazole rings is 1. The van der Waals surface area contributed by atoms with E-state index in [4.69, 9.17) is 4.74 Å². The Kier molecular flexibility index (Phi) is 6.36. The van der Waals surface area contributed by atoms with Gasteiger partial charge >= 0.3 is 6.36 Å². The summed E-state index contributed by atoms with van der Waals surface area (Å²) in [6, 6.07) is 8.58. The van der Waals surface area contributed by atoms with Gasteiger partial charge in [-0.05, 0) is 24.3 Å². The molecule has 0 atom stereocenters. The SMILES string of the molecule is O=C(Nc1ncc(CN2CCOCC2)s1)c1ccc2ncn(-c3cccc(OC(F)(F)F)c3)c2n1. The van der Waals surface area contributed by atoms with Crippen LogP contribution in [-0.4, -0.2) is 63.0 Å². The number of aromatic nitrogens is 4. The minimum Gasteiger partial charge on any atom is -0.406 e. The van der Waals surface area contributed by atoms with Crippen molar-refractivity contribution < 1.29 is 27.4 Å². The van der Waals surface area contributed by atoms with E-state index >= 15 is 0 Å². The molecule has 9 nitrogen and oxygen atoms in total. The number of halogens is 3. The molecule has 0 unspecified atom stereocenters. The summed E-state index contributed by atoms with van der Waals surface area (Å²) in [5, 5.41) is 3.20. The van der Waals surface area contributed by atoms with Crippen LogP contribution in [-0.2, 0) is 11.3 Å². The summed E-state index contributed by atoms with van der Waals surface area (Å²) < 4.78 is 48.6. The van der Waals surface area contributed by atoms with Crippen LogP contribution < -0.4 is 10.1 Å². The summed E-state index contributed by atoms with van der Waals surface area (Å²) in [6.07, 6.45) is -1.65. The molecule has 1 amide bonds. The first-order valence-corrected chi connectivity index (χ1v) is 11.4.